The lowest BCUT2D eigenvalue weighted by atomic mass is 9.99. The number of fused-ring (bicyclic) bond motifs is 1. The fraction of sp³-hybridized carbons (Fsp3) is 0.229. The Kier molecular flexibility index (Phi) is 9.76. The second kappa shape index (κ2) is 13.7. The largest absolute Gasteiger partial charge is 0.345 e. The van der Waals surface area contributed by atoms with Crippen LogP contribution in [-0.2, 0) is 19.6 Å². The van der Waals surface area contributed by atoms with E-state index in [-0.39, 0.29) is 23.5 Å². The van der Waals surface area contributed by atoms with Crippen LogP contribution in [0.3, 0.4) is 0 Å². The summed E-state index contributed by atoms with van der Waals surface area (Å²) in [6.07, 6.45) is 1.42. The van der Waals surface area contributed by atoms with E-state index in [0.717, 1.165) is 16.0 Å². The monoisotopic (exact) mass is 644 g/mol. The summed E-state index contributed by atoms with van der Waals surface area (Å²) in [7, 11) is 3.14. The van der Waals surface area contributed by atoms with E-state index in [1.54, 1.807) is 42.7 Å². The number of ketones is 1. The summed E-state index contributed by atoms with van der Waals surface area (Å²) in [6, 6.07) is 19.7. The number of thiophene rings is 1. The number of aromatic nitrogens is 1. The van der Waals surface area contributed by atoms with Gasteiger partial charge in [-0.15, -0.1) is 11.3 Å². The van der Waals surface area contributed by atoms with Crippen molar-refractivity contribution in [2.24, 2.45) is 5.92 Å². The van der Waals surface area contributed by atoms with E-state index >= 15 is 0 Å². The molecule has 0 spiro atoms. The third kappa shape index (κ3) is 6.91. The highest BCUT2D eigenvalue weighted by molar-refractivity contribution is 7.22. The molecule has 2 amide bonds. The van der Waals surface area contributed by atoms with E-state index in [1.807, 2.05) is 37.4 Å². The van der Waals surface area contributed by atoms with Crippen molar-refractivity contribution < 1.29 is 23.6 Å². The van der Waals surface area contributed by atoms with E-state index in [4.69, 9.17) is 0 Å². The maximum Gasteiger partial charge on any atom is 0.345 e. The molecule has 5 aromatic rings. The summed E-state index contributed by atoms with van der Waals surface area (Å²) in [5, 5.41) is 12.8. The molecule has 0 saturated heterocycles. The van der Waals surface area contributed by atoms with E-state index in [1.165, 1.54) is 42.8 Å². The molecule has 0 aliphatic heterocycles. The molecule has 0 atom stereocenters. The molecule has 46 heavy (non-hydrogen) atoms. The van der Waals surface area contributed by atoms with Crippen LogP contribution >= 0.6 is 11.3 Å². The molecule has 0 radical (unpaired) electrons. The predicted molar refractivity (Wildman–Crippen MR) is 176 cm³/mol. The van der Waals surface area contributed by atoms with Gasteiger partial charge in [-0.2, -0.15) is 0 Å². The van der Waals surface area contributed by atoms with E-state index in [0.29, 0.717) is 39.6 Å². The van der Waals surface area contributed by atoms with Gasteiger partial charge < -0.3 is 9.88 Å². The third-order valence-electron chi connectivity index (χ3n) is 7.60. The molecule has 2 heterocycles. The summed E-state index contributed by atoms with van der Waals surface area (Å²) in [6.45, 7) is 4.09. The molecule has 0 saturated carbocycles. The second-order valence-corrected chi connectivity index (χ2v) is 12.5. The van der Waals surface area contributed by atoms with Gasteiger partial charge in [0, 0.05) is 48.4 Å². The van der Waals surface area contributed by atoms with Crippen molar-refractivity contribution in [1.29, 1.82) is 0 Å². The van der Waals surface area contributed by atoms with Crippen LogP contribution in [0.25, 0.3) is 20.7 Å². The molecule has 0 bridgehead atoms. The Balaban J connectivity index is 1.72. The molecule has 3 aromatic carbocycles. The normalized spacial score (nSPS) is 11.4. The van der Waals surface area contributed by atoms with Gasteiger partial charge in [-0.1, -0.05) is 62.4 Å². The van der Waals surface area contributed by atoms with Gasteiger partial charge in [0.05, 0.1) is 17.5 Å². The lowest BCUT2D eigenvalue weighted by molar-refractivity contribution is -0.0118. The average molecular weight is 645 g/mol. The number of nitrogens with zero attached hydrogens (tertiary/aromatic N) is 3. The van der Waals surface area contributed by atoms with Crippen LogP contribution < -0.4 is 10.7 Å². The van der Waals surface area contributed by atoms with E-state index in [2.05, 4.69) is 10.2 Å². The molecule has 11 heteroatoms. The molecule has 0 fully saturated rings. The maximum atomic E-state index is 14.9. The van der Waals surface area contributed by atoms with Gasteiger partial charge in [0.15, 0.2) is 5.78 Å². The minimum atomic E-state index is -0.727. The number of carbonyl (C=O) groups is 2. The van der Waals surface area contributed by atoms with Crippen molar-refractivity contribution in [3.05, 3.63) is 123 Å². The number of pyridine rings is 1. The smallest absolute Gasteiger partial charge is 0.334 e. The molecule has 8 nitrogen and oxygen atoms in total. The van der Waals surface area contributed by atoms with Crippen molar-refractivity contribution >= 4 is 39.1 Å². The maximum absolute atomic E-state index is 14.9. The zero-order valence-electron chi connectivity index (χ0n) is 25.9. The van der Waals surface area contributed by atoms with Gasteiger partial charge in [0.2, 0.25) is 5.43 Å². The first kappa shape index (κ1) is 32.7. The second-order valence-electron chi connectivity index (χ2n) is 11.5. The Morgan fingerprint density at radius 1 is 0.913 bits per heavy atom. The Morgan fingerprint density at radius 3 is 2.17 bits per heavy atom. The highest BCUT2D eigenvalue weighted by Gasteiger charge is 2.26. The van der Waals surface area contributed by atoms with Crippen molar-refractivity contribution in [2.45, 2.75) is 33.5 Å². The SMILES string of the molecule is CC(C)C(=O)c1cn(Cc2c(F)cccc2F)c2sc(-c3ccc(NC(=O)N(C)O)cc3)c(CN(C)Cc3ccccc3)c2c1=O. The summed E-state index contributed by atoms with van der Waals surface area (Å²) in [5.41, 5.74) is 2.28. The summed E-state index contributed by atoms with van der Waals surface area (Å²) >= 11 is 1.30. The Bertz CT molecular complexity index is 1930. The number of anilines is 1. The molecule has 2 aromatic heterocycles. The van der Waals surface area contributed by atoms with Crippen molar-refractivity contribution in [1.82, 2.24) is 14.5 Å². The number of amides is 2. The van der Waals surface area contributed by atoms with E-state index in [9.17, 15) is 28.4 Å². The number of nitrogens with one attached hydrogen (secondary N) is 1. The first-order chi connectivity index (χ1) is 21.9. The van der Waals surface area contributed by atoms with Gasteiger partial charge in [-0.25, -0.2) is 18.6 Å². The van der Waals surface area contributed by atoms with Crippen LogP contribution in [0.5, 0.6) is 0 Å². The van der Waals surface area contributed by atoms with Crippen LogP contribution in [0.1, 0.15) is 40.9 Å². The first-order valence-electron chi connectivity index (χ1n) is 14.7. The number of hydrogen-bond acceptors (Lipinski definition) is 6. The molecule has 0 unspecified atom stereocenters. The number of carbonyl (C=O) groups excluding carboxylic acids is 2. The van der Waals surface area contributed by atoms with Crippen LogP contribution in [0.2, 0.25) is 0 Å². The van der Waals surface area contributed by atoms with Crippen molar-refractivity contribution in [2.75, 3.05) is 19.4 Å². The predicted octanol–water partition coefficient (Wildman–Crippen LogP) is 7.38. The van der Waals surface area contributed by atoms with Gasteiger partial charge in [0.1, 0.15) is 16.5 Å². The minimum absolute atomic E-state index is 0.0401. The minimum Gasteiger partial charge on any atom is -0.334 e. The van der Waals surface area contributed by atoms with Crippen LogP contribution in [0.15, 0.2) is 83.8 Å². The first-order valence-corrected chi connectivity index (χ1v) is 15.5. The Hall–Kier alpha value is -4.71. The molecular formula is C35H34F2N4O4S. The lowest BCUT2D eigenvalue weighted by Gasteiger charge is -2.18. The van der Waals surface area contributed by atoms with Gasteiger partial charge in [-0.3, -0.25) is 19.7 Å². The Morgan fingerprint density at radius 2 is 1.57 bits per heavy atom. The molecule has 0 aliphatic carbocycles. The van der Waals surface area contributed by atoms with Gasteiger partial charge in [-0.05, 0) is 48.0 Å². The summed E-state index contributed by atoms with van der Waals surface area (Å²) < 4.78 is 31.3. The highest BCUT2D eigenvalue weighted by Crippen LogP contribution is 2.39. The fourth-order valence-corrected chi connectivity index (χ4v) is 6.56. The lowest BCUT2D eigenvalue weighted by Crippen LogP contribution is -2.27. The van der Waals surface area contributed by atoms with Crippen molar-refractivity contribution in [3.8, 4) is 10.4 Å². The number of halogens is 2. The number of hydrogen-bond donors (Lipinski definition) is 2. The number of urea groups is 1. The molecule has 5 rings (SSSR count). The number of hydroxylamine groups is 2. The third-order valence-corrected chi connectivity index (χ3v) is 8.92. The summed E-state index contributed by atoms with van der Waals surface area (Å²) in [5.74, 6) is -2.30. The fourth-order valence-electron chi connectivity index (χ4n) is 5.27. The van der Waals surface area contributed by atoms with E-state index < -0.39 is 29.0 Å². The van der Waals surface area contributed by atoms with Crippen LogP contribution in [0.4, 0.5) is 19.3 Å². The standard InChI is InChI=1S/C35H34F2N4O4S/c1-21(2)31(42)27-20-41(19-25-28(36)11-8-12-29(25)37)34-30(32(27)43)26(18-39(3)17-22-9-6-5-7-10-22)33(46-34)23-13-15-24(16-14-23)38-35(44)40(4)45/h5-16,20-21,45H,17-19H2,1-4H3,(H,38,44). The van der Waals surface area contributed by atoms with Gasteiger partial charge >= 0.3 is 6.03 Å². The number of benzene rings is 3. The molecule has 2 N–H and O–H groups in total. The zero-order valence-corrected chi connectivity index (χ0v) is 26.7. The zero-order chi connectivity index (χ0) is 33.1. The van der Waals surface area contributed by atoms with Crippen LogP contribution in [-0.4, -0.2) is 45.6 Å². The Labute approximate surface area is 269 Å². The van der Waals surface area contributed by atoms with Crippen molar-refractivity contribution in [3.63, 3.8) is 0 Å². The molecular weight excluding hydrogens is 610 g/mol. The summed E-state index contributed by atoms with van der Waals surface area (Å²) in [4.78, 5) is 42.8. The van der Waals surface area contributed by atoms with Crippen LogP contribution in [0, 0.1) is 17.6 Å². The molecule has 238 valence electrons. The topological polar surface area (TPSA) is 94.9 Å². The van der Waals surface area contributed by atoms with Gasteiger partial charge in [0.25, 0.3) is 0 Å². The number of Topliss-reactive ketones (excluding diaryl/α,β-unsaturated/α-hetero) is 1. The number of rotatable bonds is 10. The average Bonchev–Trinajstić information content (AvgIpc) is 3.40. The highest BCUT2D eigenvalue weighted by atomic mass is 32.1. The molecule has 0 aliphatic rings. The quantitative estimate of drug-likeness (QED) is 0.0940.